The number of rotatable bonds is 4. The van der Waals surface area contributed by atoms with Gasteiger partial charge in [-0.05, 0) is 36.6 Å². The molecule has 2 aromatic rings. The smallest absolute Gasteiger partial charge is 0.339 e. The van der Waals surface area contributed by atoms with Crippen LogP contribution < -0.4 is 10.5 Å². The van der Waals surface area contributed by atoms with Crippen molar-refractivity contribution in [2.45, 2.75) is 4.90 Å². The molecule has 0 aliphatic rings. The van der Waals surface area contributed by atoms with Gasteiger partial charge in [-0.2, -0.15) is 0 Å². The van der Waals surface area contributed by atoms with Crippen LogP contribution in [0.4, 0.5) is 5.69 Å². The van der Waals surface area contributed by atoms with Crippen molar-refractivity contribution < 1.29 is 14.6 Å². The Morgan fingerprint density at radius 2 is 1.95 bits per heavy atom. The van der Waals surface area contributed by atoms with Gasteiger partial charge in [0.25, 0.3) is 0 Å². The third-order valence-corrected chi connectivity index (χ3v) is 3.30. The first-order chi connectivity index (χ1) is 9.11. The van der Waals surface area contributed by atoms with Crippen molar-refractivity contribution in [1.82, 2.24) is 0 Å². The molecule has 19 heavy (non-hydrogen) atoms. The van der Waals surface area contributed by atoms with E-state index in [1.54, 1.807) is 18.2 Å². The first kappa shape index (κ1) is 13.3. The van der Waals surface area contributed by atoms with Crippen LogP contribution in [0.3, 0.4) is 0 Å². The first-order valence-electron chi connectivity index (χ1n) is 5.55. The first-order valence-corrected chi connectivity index (χ1v) is 6.78. The van der Waals surface area contributed by atoms with E-state index in [-0.39, 0.29) is 11.3 Å². The molecule has 3 N–H and O–H groups in total. The number of nitrogen functional groups attached to an aromatic ring is 1. The summed E-state index contributed by atoms with van der Waals surface area (Å²) in [5.74, 6) is -0.158. The molecule has 0 atom stereocenters. The van der Waals surface area contributed by atoms with Gasteiger partial charge in [0.05, 0.1) is 0 Å². The average Bonchev–Trinajstić information content (AvgIpc) is 2.41. The van der Waals surface area contributed by atoms with Crippen LogP contribution >= 0.6 is 11.8 Å². The molecule has 0 aliphatic heterocycles. The van der Waals surface area contributed by atoms with Crippen LogP contribution in [0.1, 0.15) is 10.4 Å². The van der Waals surface area contributed by atoms with Crippen molar-refractivity contribution in [2.24, 2.45) is 0 Å². The van der Waals surface area contributed by atoms with Crippen molar-refractivity contribution in [1.29, 1.82) is 0 Å². The highest BCUT2D eigenvalue weighted by molar-refractivity contribution is 7.98. The number of hydrogen-bond donors (Lipinski definition) is 2. The van der Waals surface area contributed by atoms with Gasteiger partial charge in [0.2, 0.25) is 0 Å². The maximum absolute atomic E-state index is 11.2. The molecule has 0 amide bonds. The largest absolute Gasteiger partial charge is 0.478 e. The summed E-state index contributed by atoms with van der Waals surface area (Å²) < 4.78 is 5.69. The van der Waals surface area contributed by atoms with E-state index in [2.05, 4.69) is 0 Å². The lowest BCUT2D eigenvalue weighted by molar-refractivity contribution is 0.0694. The Labute approximate surface area is 115 Å². The molecule has 0 aliphatic carbocycles. The molecule has 0 unspecified atom stereocenters. The number of nitrogens with two attached hydrogens (primary N) is 1. The lowest BCUT2D eigenvalue weighted by atomic mass is 10.2. The molecular weight excluding hydrogens is 262 g/mol. The molecule has 5 heteroatoms. The van der Waals surface area contributed by atoms with Gasteiger partial charge in [-0.1, -0.05) is 12.1 Å². The molecule has 0 saturated heterocycles. The molecule has 4 nitrogen and oxygen atoms in total. The van der Waals surface area contributed by atoms with E-state index in [9.17, 15) is 4.79 Å². The molecule has 0 bridgehead atoms. The van der Waals surface area contributed by atoms with Crippen LogP contribution in [0.15, 0.2) is 47.4 Å². The quantitative estimate of drug-likeness (QED) is 0.660. The number of aromatic carboxylic acids is 1. The Hall–Kier alpha value is -2.14. The van der Waals surface area contributed by atoms with Crippen molar-refractivity contribution in [3.63, 3.8) is 0 Å². The average molecular weight is 275 g/mol. The van der Waals surface area contributed by atoms with Gasteiger partial charge in [0.15, 0.2) is 0 Å². The molecule has 0 radical (unpaired) electrons. The van der Waals surface area contributed by atoms with Gasteiger partial charge < -0.3 is 15.6 Å². The van der Waals surface area contributed by atoms with Crippen LogP contribution in [0, 0.1) is 0 Å². The normalized spacial score (nSPS) is 10.2. The van der Waals surface area contributed by atoms with Crippen LogP contribution in [0.25, 0.3) is 0 Å². The molecule has 0 heterocycles. The zero-order chi connectivity index (χ0) is 13.8. The number of para-hydroxylation sites is 1. The monoisotopic (exact) mass is 275 g/mol. The SMILES string of the molecule is CSc1ccccc1Oc1ccc(N)cc1C(=O)O. The maximum atomic E-state index is 11.2. The summed E-state index contributed by atoms with van der Waals surface area (Å²) in [7, 11) is 0. The van der Waals surface area contributed by atoms with E-state index in [1.807, 2.05) is 24.5 Å². The topological polar surface area (TPSA) is 72.5 Å². The zero-order valence-corrected chi connectivity index (χ0v) is 11.1. The Morgan fingerprint density at radius 3 is 2.63 bits per heavy atom. The Kier molecular flexibility index (Phi) is 3.97. The second-order valence-electron chi connectivity index (χ2n) is 3.81. The second-order valence-corrected chi connectivity index (χ2v) is 4.66. The van der Waals surface area contributed by atoms with Crippen LogP contribution in [-0.4, -0.2) is 17.3 Å². The Bertz CT molecular complexity index is 613. The number of carboxylic acid groups (broad SMARTS) is 1. The number of benzene rings is 2. The third kappa shape index (κ3) is 3.00. The molecule has 2 aromatic carbocycles. The van der Waals surface area contributed by atoms with E-state index in [0.717, 1.165) is 4.90 Å². The highest BCUT2D eigenvalue weighted by atomic mass is 32.2. The minimum Gasteiger partial charge on any atom is -0.478 e. The number of thioether (sulfide) groups is 1. The van der Waals surface area contributed by atoms with Gasteiger partial charge in [-0.3, -0.25) is 0 Å². The molecular formula is C14H13NO3S. The van der Waals surface area contributed by atoms with E-state index in [0.29, 0.717) is 11.4 Å². The number of hydrogen-bond acceptors (Lipinski definition) is 4. The summed E-state index contributed by atoms with van der Waals surface area (Å²) in [5, 5.41) is 9.15. The lowest BCUT2D eigenvalue weighted by Gasteiger charge is -2.11. The minimum atomic E-state index is -1.07. The fourth-order valence-electron chi connectivity index (χ4n) is 1.63. The number of anilines is 1. The fraction of sp³-hybridized carbons (Fsp3) is 0.0714. The third-order valence-electron chi connectivity index (χ3n) is 2.52. The number of ether oxygens (including phenoxy) is 1. The van der Waals surface area contributed by atoms with Crippen molar-refractivity contribution >= 4 is 23.4 Å². The van der Waals surface area contributed by atoms with Gasteiger partial charge in [-0.15, -0.1) is 11.8 Å². The standard InChI is InChI=1S/C14H13NO3S/c1-19-13-5-3-2-4-12(13)18-11-7-6-9(15)8-10(11)14(16)17/h2-8H,15H2,1H3,(H,16,17). The van der Waals surface area contributed by atoms with E-state index in [4.69, 9.17) is 15.6 Å². The predicted molar refractivity (Wildman–Crippen MR) is 76.1 cm³/mol. The number of carbonyl (C=O) groups is 1. The molecule has 0 spiro atoms. The summed E-state index contributed by atoms with van der Waals surface area (Å²) in [5.41, 5.74) is 6.04. The van der Waals surface area contributed by atoms with E-state index < -0.39 is 5.97 Å². The highest BCUT2D eigenvalue weighted by Crippen LogP contribution is 2.33. The summed E-state index contributed by atoms with van der Waals surface area (Å²) in [6.07, 6.45) is 1.93. The Morgan fingerprint density at radius 1 is 1.21 bits per heavy atom. The summed E-state index contributed by atoms with van der Waals surface area (Å²) in [6.45, 7) is 0. The second kappa shape index (κ2) is 5.67. The fourth-order valence-corrected chi connectivity index (χ4v) is 2.15. The molecule has 0 fully saturated rings. The Balaban J connectivity index is 2.41. The van der Waals surface area contributed by atoms with Gasteiger partial charge in [0, 0.05) is 10.6 Å². The summed E-state index contributed by atoms with van der Waals surface area (Å²) >= 11 is 1.53. The molecule has 0 aromatic heterocycles. The van der Waals surface area contributed by atoms with Crippen LogP contribution in [-0.2, 0) is 0 Å². The lowest BCUT2D eigenvalue weighted by Crippen LogP contribution is -2.01. The minimum absolute atomic E-state index is 0.0518. The molecule has 2 rings (SSSR count). The van der Waals surface area contributed by atoms with Gasteiger partial charge in [-0.25, -0.2) is 4.79 Å². The van der Waals surface area contributed by atoms with Gasteiger partial charge >= 0.3 is 5.97 Å². The van der Waals surface area contributed by atoms with Crippen molar-refractivity contribution in [2.75, 3.05) is 12.0 Å². The zero-order valence-electron chi connectivity index (χ0n) is 10.3. The van der Waals surface area contributed by atoms with E-state index in [1.165, 1.54) is 17.8 Å². The van der Waals surface area contributed by atoms with Gasteiger partial charge in [0.1, 0.15) is 17.1 Å². The molecule has 0 saturated carbocycles. The van der Waals surface area contributed by atoms with Crippen molar-refractivity contribution in [3.05, 3.63) is 48.0 Å². The van der Waals surface area contributed by atoms with Crippen LogP contribution in [0.5, 0.6) is 11.5 Å². The predicted octanol–water partition coefficient (Wildman–Crippen LogP) is 3.48. The maximum Gasteiger partial charge on any atom is 0.339 e. The van der Waals surface area contributed by atoms with Crippen LogP contribution in [0.2, 0.25) is 0 Å². The summed E-state index contributed by atoms with van der Waals surface area (Å²) in [6, 6.07) is 12.0. The van der Waals surface area contributed by atoms with E-state index >= 15 is 0 Å². The highest BCUT2D eigenvalue weighted by Gasteiger charge is 2.13. The summed E-state index contributed by atoms with van der Waals surface area (Å²) in [4.78, 5) is 12.1. The number of carboxylic acids is 1. The molecule has 98 valence electrons. The van der Waals surface area contributed by atoms with Crippen molar-refractivity contribution in [3.8, 4) is 11.5 Å².